The van der Waals surface area contributed by atoms with E-state index in [-0.39, 0.29) is 12.5 Å². The third-order valence-corrected chi connectivity index (χ3v) is 2.68. The van der Waals surface area contributed by atoms with Crippen LogP contribution in [0, 0.1) is 0 Å². The molecule has 0 aromatic heterocycles. The number of nitrogens with one attached hydrogen (secondary N) is 1. The van der Waals surface area contributed by atoms with Gasteiger partial charge in [0.15, 0.2) is 0 Å². The van der Waals surface area contributed by atoms with E-state index in [1.165, 1.54) is 0 Å². The van der Waals surface area contributed by atoms with Gasteiger partial charge in [-0.25, -0.2) is 0 Å². The Labute approximate surface area is 90.0 Å². The standard InChI is InChI=1S/C10H20N2O3/c1-9(2,7-13)12-8(14)10(11)3-5-15-6-4-10/h13H,3-7,11H2,1-2H3,(H,12,14). The molecule has 5 nitrogen and oxygen atoms in total. The van der Waals surface area contributed by atoms with Crippen molar-refractivity contribution in [3.8, 4) is 0 Å². The lowest BCUT2D eigenvalue weighted by atomic mass is 9.89. The zero-order chi connectivity index (χ0) is 11.5. The highest BCUT2D eigenvalue weighted by molar-refractivity contribution is 5.86. The third-order valence-electron chi connectivity index (χ3n) is 2.68. The minimum Gasteiger partial charge on any atom is -0.394 e. The number of amides is 1. The third kappa shape index (κ3) is 3.15. The van der Waals surface area contributed by atoms with Crippen molar-refractivity contribution in [3.05, 3.63) is 0 Å². The second kappa shape index (κ2) is 4.47. The lowest BCUT2D eigenvalue weighted by molar-refractivity contribution is -0.131. The largest absolute Gasteiger partial charge is 0.394 e. The molecule has 0 unspecified atom stereocenters. The summed E-state index contributed by atoms with van der Waals surface area (Å²) in [6.07, 6.45) is 1.06. The Kier molecular flexibility index (Phi) is 3.70. The summed E-state index contributed by atoms with van der Waals surface area (Å²) in [5, 5.41) is 11.8. The van der Waals surface area contributed by atoms with Crippen LogP contribution in [-0.4, -0.2) is 41.9 Å². The van der Waals surface area contributed by atoms with Gasteiger partial charge in [0.2, 0.25) is 5.91 Å². The molecule has 0 radical (unpaired) electrons. The van der Waals surface area contributed by atoms with Crippen LogP contribution in [0.4, 0.5) is 0 Å². The first-order valence-corrected chi connectivity index (χ1v) is 5.20. The summed E-state index contributed by atoms with van der Waals surface area (Å²) in [4.78, 5) is 11.9. The van der Waals surface area contributed by atoms with Gasteiger partial charge < -0.3 is 20.9 Å². The van der Waals surface area contributed by atoms with Crippen LogP contribution in [0.25, 0.3) is 0 Å². The van der Waals surface area contributed by atoms with E-state index in [1.807, 2.05) is 0 Å². The fourth-order valence-electron chi connectivity index (χ4n) is 1.43. The lowest BCUT2D eigenvalue weighted by Gasteiger charge is -2.35. The van der Waals surface area contributed by atoms with Crippen molar-refractivity contribution in [2.45, 2.75) is 37.8 Å². The molecule has 1 fully saturated rings. The molecule has 0 bridgehead atoms. The summed E-state index contributed by atoms with van der Waals surface area (Å²) in [7, 11) is 0. The Morgan fingerprint density at radius 3 is 2.53 bits per heavy atom. The van der Waals surface area contributed by atoms with Crippen LogP contribution in [0.5, 0.6) is 0 Å². The number of nitrogens with two attached hydrogens (primary N) is 1. The summed E-state index contributed by atoms with van der Waals surface area (Å²) in [6, 6.07) is 0. The maximum atomic E-state index is 11.9. The first kappa shape index (κ1) is 12.4. The molecule has 4 N–H and O–H groups in total. The van der Waals surface area contributed by atoms with Crippen molar-refractivity contribution in [2.75, 3.05) is 19.8 Å². The summed E-state index contributed by atoms with van der Waals surface area (Å²) in [5.74, 6) is -0.204. The summed E-state index contributed by atoms with van der Waals surface area (Å²) in [5.41, 5.74) is 4.52. The Morgan fingerprint density at radius 1 is 1.53 bits per heavy atom. The van der Waals surface area contributed by atoms with Gasteiger partial charge in [-0.05, 0) is 26.7 Å². The number of carbonyl (C=O) groups excluding carboxylic acids is 1. The van der Waals surface area contributed by atoms with Crippen LogP contribution < -0.4 is 11.1 Å². The SMILES string of the molecule is CC(C)(CO)NC(=O)C1(N)CCOCC1. The number of ether oxygens (including phenoxy) is 1. The van der Waals surface area contributed by atoms with E-state index >= 15 is 0 Å². The molecule has 0 spiro atoms. The molecule has 1 saturated heterocycles. The fraction of sp³-hybridized carbons (Fsp3) is 0.900. The second-order valence-corrected chi connectivity index (χ2v) is 4.76. The van der Waals surface area contributed by atoms with Crippen molar-refractivity contribution in [1.29, 1.82) is 0 Å². The van der Waals surface area contributed by atoms with E-state index in [0.29, 0.717) is 26.1 Å². The molecule has 5 heteroatoms. The number of rotatable bonds is 3. The van der Waals surface area contributed by atoms with Crippen molar-refractivity contribution in [3.63, 3.8) is 0 Å². The predicted octanol–water partition coefficient (Wildman–Crippen LogP) is -0.619. The first-order valence-electron chi connectivity index (χ1n) is 5.20. The summed E-state index contributed by atoms with van der Waals surface area (Å²) >= 11 is 0. The predicted molar refractivity (Wildman–Crippen MR) is 56.3 cm³/mol. The molecule has 1 rings (SSSR count). The molecule has 0 aliphatic carbocycles. The molecule has 0 saturated carbocycles. The van der Waals surface area contributed by atoms with Gasteiger partial charge in [-0.2, -0.15) is 0 Å². The highest BCUT2D eigenvalue weighted by atomic mass is 16.5. The van der Waals surface area contributed by atoms with E-state index in [4.69, 9.17) is 15.6 Å². The Morgan fingerprint density at radius 2 is 2.07 bits per heavy atom. The molecule has 0 aromatic carbocycles. The molecule has 1 aliphatic heterocycles. The maximum absolute atomic E-state index is 11.9. The monoisotopic (exact) mass is 216 g/mol. The summed E-state index contributed by atoms with van der Waals surface area (Å²) < 4.78 is 5.16. The second-order valence-electron chi connectivity index (χ2n) is 4.76. The van der Waals surface area contributed by atoms with E-state index in [1.54, 1.807) is 13.8 Å². The number of carbonyl (C=O) groups is 1. The normalized spacial score (nSPS) is 21.1. The topological polar surface area (TPSA) is 84.6 Å². The molecule has 88 valence electrons. The maximum Gasteiger partial charge on any atom is 0.240 e. The van der Waals surface area contributed by atoms with Gasteiger partial charge in [0.05, 0.1) is 17.7 Å². The van der Waals surface area contributed by atoms with Crippen LogP contribution in [-0.2, 0) is 9.53 Å². The van der Waals surface area contributed by atoms with Crippen LogP contribution in [0.15, 0.2) is 0 Å². The quantitative estimate of drug-likeness (QED) is 0.587. The smallest absolute Gasteiger partial charge is 0.240 e. The van der Waals surface area contributed by atoms with Crippen LogP contribution >= 0.6 is 0 Å². The minimum absolute atomic E-state index is 0.106. The minimum atomic E-state index is -0.843. The highest BCUT2D eigenvalue weighted by Gasteiger charge is 2.38. The lowest BCUT2D eigenvalue weighted by Crippen LogP contribution is -2.61. The molecular formula is C10H20N2O3. The van der Waals surface area contributed by atoms with Crippen LogP contribution in [0.1, 0.15) is 26.7 Å². The average Bonchev–Trinajstić information content (AvgIpc) is 2.18. The average molecular weight is 216 g/mol. The van der Waals surface area contributed by atoms with Gasteiger partial charge in [-0.3, -0.25) is 4.79 Å². The van der Waals surface area contributed by atoms with Gasteiger partial charge >= 0.3 is 0 Å². The molecular weight excluding hydrogens is 196 g/mol. The number of aliphatic hydroxyl groups excluding tert-OH is 1. The number of hydrogen-bond acceptors (Lipinski definition) is 4. The van der Waals surface area contributed by atoms with Gasteiger partial charge in [-0.15, -0.1) is 0 Å². The Bertz CT molecular complexity index is 235. The molecule has 0 atom stereocenters. The van der Waals surface area contributed by atoms with Gasteiger partial charge in [-0.1, -0.05) is 0 Å². The summed E-state index contributed by atoms with van der Waals surface area (Å²) in [6.45, 7) is 4.44. The van der Waals surface area contributed by atoms with E-state index in [2.05, 4.69) is 5.32 Å². The number of aliphatic hydroxyl groups is 1. The first-order chi connectivity index (χ1) is 6.90. The van der Waals surface area contributed by atoms with Gasteiger partial charge in [0.25, 0.3) is 0 Å². The Balaban J connectivity index is 2.59. The van der Waals surface area contributed by atoms with Crippen molar-refractivity contribution in [2.24, 2.45) is 5.73 Å². The van der Waals surface area contributed by atoms with Crippen molar-refractivity contribution >= 4 is 5.91 Å². The van der Waals surface area contributed by atoms with E-state index in [9.17, 15) is 4.79 Å². The Hall–Kier alpha value is -0.650. The fourth-order valence-corrected chi connectivity index (χ4v) is 1.43. The highest BCUT2D eigenvalue weighted by Crippen LogP contribution is 2.18. The molecule has 1 amide bonds. The van der Waals surface area contributed by atoms with E-state index < -0.39 is 11.1 Å². The van der Waals surface area contributed by atoms with Crippen molar-refractivity contribution in [1.82, 2.24) is 5.32 Å². The van der Waals surface area contributed by atoms with Gasteiger partial charge in [0, 0.05) is 13.2 Å². The van der Waals surface area contributed by atoms with Crippen LogP contribution in [0.3, 0.4) is 0 Å². The molecule has 15 heavy (non-hydrogen) atoms. The van der Waals surface area contributed by atoms with E-state index in [0.717, 1.165) is 0 Å². The molecule has 1 aliphatic rings. The zero-order valence-corrected chi connectivity index (χ0v) is 9.38. The van der Waals surface area contributed by atoms with Gasteiger partial charge in [0.1, 0.15) is 0 Å². The molecule has 0 aromatic rings. The number of hydrogen-bond donors (Lipinski definition) is 3. The molecule has 1 heterocycles. The van der Waals surface area contributed by atoms with Crippen LogP contribution in [0.2, 0.25) is 0 Å². The van der Waals surface area contributed by atoms with Crippen molar-refractivity contribution < 1.29 is 14.6 Å². The zero-order valence-electron chi connectivity index (χ0n) is 9.38.